The number of rotatable bonds is 19. The molecule has 0 aromatic rings. The average Bonchev–Trinajstić information content (AvgIpc) is 3.60. The van der Waals surface area contributed by atoms with Crippen molar-refractivity contribution < 1.29 is 24.1 Å². The second kappa shape index (κ2) is 18.5. The SMILES string of the molecule is CC/C=C/C/C=C/C/C=C/CCCCCCCC(=O)OC(CCC(C)(C)O)C(C)C1CCC2C3=CCC4CC5OC(C)(C)OC5CC4(C)C3CCC21C. The molecule has 53 heavy (non-hydrogen) atoms. The summed E-state index contributed by atoms with van der Waals surface area (Å²) in [6.07, 6.45) is 36.5. The van der Waals surface area contributed by atoms with Crippen LogP contribution in [0.5, 0.6) is 0 Å². The van der Waals surface area contributed by atoms with Crippen LogP contribution in [0.4, 0.5) is 0 Å². The Bertz CT molecular complexity index is 1300. The van der Waals surface area contributed by atoms with E-state index in [9.17, 15) is 9.90 Å². The van der Waals surface area contributed by atoms with E-state index in [2.05, 4.69) is 84.1 Å². The van der Waals surface area contributed by atoms with Crippen LogP contribution in [0.1, 0.15) is 177 Å². The fourth-order valence-corrected chi connectivity index (χ4v) is 11.7. The van der Waals surface area contributed by atoms with Gasteiger partial charge in [-0.2, -0.15) is 0 Å². The van der Waals surface area contributed by atoms with Crippen molar-refractivity contribution in [2.45, 2.75) is 207 Å². The Labute approximate surface area is 324 Å². The second-order valence-corrected chi connectivity index (χ2v) is 19.5. The Hall–Kier alpha value is -1.69. The van der Waals surface area contributed by atoms with Crippen molar-refractivity contribution in [2.24, 2.45) is 40.4 Å². The maximum atomic E-state index is 13.3. The lowest BCUT2D eigenvalue weighted by Gasteiger charge is -2.58. The molecule has 300 valence electrons. The highest BCUT2D eigenvalue weighted by molar-refractivity contribution is 5.69. The third-order valence-corrected chi connectivity index (χ3v) is 14.6. The van der Waals surface area contributed by atoms with Crippen LogP contribution in [-0.2, 0) is 19.0 Å². The highest BCUT2D eigenvalue weighted by Gasteiger charge is 2.61. The summed E-state index contributed by atoms with van der Waals surface area (Å²) in [7, 11) is 0. The number of hydrogen-bond acceptors (Lipinski definition) is 5. The normalized spacial score (nSPS) is 34.8. The van der Waals surface area contributed by atoms with Gasteiger partial charge in [-0.3, -0.25) is 4.79 Å². The van der Waals surface area contributed by atoms with Crippen LogP contribution in [0.3, 0.4) is 0 Å². The van der Waals surface area contributed by atoms with Crippen molar-refractivity contribution in [3.05, 3.63) is 48.1 Å². The maximum Gasteiger partial charge on any atom is 0.306 e. The average molecular weight is 735 g/mol. The van der Waals surface area contributed by atoms with Crippen LogP contribution in [-0.4, -0.2) is 40.8 Å². The lowest BCUT2D eigenvalue weighted by Crippen LogP contribution is -2.53. The number of carbonyl (C=O) groups is 1. The molecule has 0 aromatic heterocycles. The fourth-order valence-electron chi connectivity index (χ4n) is 11.7. The molecular weight excluding hydrogens is 657 g/mol. The summed E-state index contributed by atoms with van der Waals surface area (Å²) in [6.45, 7) is 17.6. The van der Waals surface area contributed by atoms with Crippen LogP contribution in [0.25, 0.3) is 0 Å². The molecular formula is C48H78O5. The molecule has 10 atom stereocenters. The monoisotopic (exact) mass is 735 g/mol. The van der Waals surface area contributed by atoms with Crippen LogP contribution < -0.4 is 0 Å². The summed E-state index contributed by atoms with van der Waals surface area (Å²) in [5, 5.41) is 10.7. The molecule has 4 fully saturated rings. The molecule has 1 N–H and O–H groups in total. The van der Waals surface area contributed by atoms with E-state index in [1.807, 2.05) is 13.8 Å². The summed E-state index contributed by atoms with van der Waals surface area (Å²) in [5.74, 6) is 2.16. The highest BCUT2D eigenvalue weighted by Crippen LogP contribution is 2.67. The smallest absolute Gasteiger partial charge is 0.306 e. The third kappa shape index (κ3) is 10.8. The predicted octanol–water partition coefficient (Wildman–Crippen LogP) is 12.4. The molecule has 0 aromatic carbocycles. The summed E-state index contributed by atoms with van der Waals surface area (Å²) in [4.78, 5) is 13.3. The van der Waals surface area contributed by atoms with E-state index in [-0.39, 0.29) is 41.0 Å². The number of fused-ring (bicyclic) bond motifs is 6. The van der Waals surface area contributed by atoms with Crippen LogP contribution in [0.15, 0.2) is 48.1 Å². The maximum absolute atomic E-state index is 13.3. The lowest BCUT2D eigenvalue weighted by molar-refractivity contribution is -0.155. The molecule has 0 amide bonds. The van der Waals surface area contributed by atoms with E-state index in [1.165, 1.54) is 51.4 Å². The van der Waals surface area contributed by atoms with Gasteiger partial charge >= 0.3 is 5.97 Å². The first-order chi connectivity index (χ1) is 25.2. The number of carbonyl (C=O) groups excluding carboxylic acids is 1. The minimum absolute atomic E-state index is 0.0481. The Morgan fingerprint density at radius 3 is 2.30 bits per heavy atom. The molecule has 5 nitrogen and oxygen atoms in total. The zero-order chi connectivity index (χ0) is 38.3. The van der Waals surface area contributed by atoms with Gasteiger partial charge in [0.15, 0.2) is 5.79 Å². The number of allylic oxidation sites excluding steroid dienone is 8. The number of esters is 1. The van der Waals surface area contributed by atoms with E-state index in [0.717, 1.165) is 57.8 Å². The molecule has 5 heteroatoms. The summed E-state index contributed by atoms with van der Waals surface area (Å²) >= 11 is 0. The molecule has 0 spiro atoms. The van der Waals surface area contributed by atoms with Gasteiger partial charge in [-0.1, -0.05) is 95.1 Å². The third-order valence-electron chi connectivity index (χ3n) is 14.6. The Morgan fingerprint density at radius 1 is 0.906 bits per heavy atom. The molecule has 1 aliphatic heterocycles. The molecule has 0 radical (unpaired) electrons. The first-order valence-electron chi connectivity index (χ1n) is 22.1. The van der Waals surface area contributed by atoms with E-state index in [4.69, 9.17) is 14.2 Å². The van der Waals surface area contributed by atoms with Gasteiger partial charge in [0.1, 0.15) is 6.10 Å². The quantitative estimate of drug-likeness (QED) is 0.0813. The zero-order valence-electron chi connectivity index (χ0n) is 35.2. The van der Waals surface area contributed by atoms with Crippen molar-refractivity contribution in [3.8, 4) is 0 Å². The fraction of sp³-hybridized carbons (Fsp3) is 0.812. The minimum Gasteiger partial charge on any atom is -0.462 e. The number of unbranched alkanes of at least 4 members (excludes halogenated alkanes) is 5. The molecule has 1 heterocycles. The van der Waals surface area contributed by atoms with E-state index in [1.54, 1.807) is 5.57 Å². The van der Waals surface area contributed by atoms with Crippen molar-refractivity contribution in [1.29, 1.82) is 0 Å². The summed E-state index contributed by atoms with van der Waals surface area (Å²) in [6, 6.07) is 0. The van der Waals surface area contributed by atoms with Gasteiger partial charge in [-0.15, -0.1) is 0 Å². The topological polar surface area (TPSA) is 65.0 Å². The molecule has 0 bridgehead atoms. The number of ether oxygens (including phenoxy) is 3. The molecule has 5 rings (SSSR count). The van der Waals surface area contributed by atoms with Gasteiger partial charge < -0.3 is 19.3 Å². The molecule has 4 aliphatic carbocycles. The van der Waals surface area contributed by atoms with Gasteiger partial charge in [0.05, 0.1) is 17.8 Å². The van der Waals surface area contributed by atoms with Crippen molar-refractivity contribution in [2.75, 3.05) is 0 Å². The van der Waals surface area contributed by atoms with Crippen molar-refractivity contribution in [1.82, 2.24) is 0 Å². The first-order valence-corrected chi connectivity index (χ1v) is 22.1. The van der Waals surface area contributed by atoms with Gasteiger partial charge in [0.2, 0.25) is 0 Å². The first kappa shape index (κ1) is 42.5. The minimum atomic E-state index is -0.774. The van der Waals surface area contributed by atoms with Crippen molar-refractivity contribution in [3.63, 3.8) is 0 Å². The Balaban J connectivity index is 1.10. The summed E-state index contributed by atoms with van der Waals surface area (Å²) < 4.78 is 19.2. The lowest BCUT2D eigenvalue weighted by atomic mass is 9.47. The standard InChI is InChI=1S/C48H78O5/c1-9-10-11-12-13-14-15-16-17-18-19-20-21-22-23-24-44(49)51-41(30-31-45(3,4)50)35(2)38-27-28-39-37-26-25-36-33-42-43(53-46(5,6)52-42)34-48(36,8)40(37)29-32-47(38,39)7/h10-11,13-14,16-17,26,35-36,38-43,50H,9,12,15,18-25,27-34H2,1-8H3/b11-10+,14-13+,17-16+. The van der Waals surface area contributed by atoms with Gasteiger partial charge in [0.25, 0.3) is 0 Å². The van der Waals surface area contributed by atoms with Gasteiger partial charge in [-0.05, 0) is 164 Å². The van der Waals surface area contributed by atoms with Crippen molar-refractivity contribution >= 4 is 5.97 Å². The largest absolute Gasteiger partial charge is 0.462 e. The molecule has 5 aliphatic rings. The highest BCUT2D eigenvalue weighted by atomic mass is 16.7. The molecule has 3 saturated carbocycles. The predicted molar refractivity (Wildman–Crippen MR) is 218 cm³/mol. The second-order valence-electron chi connectivity index (χ2n) is 19.5. The number of aliphatic hydroxyl groups is 1. The van der Waals surface area contributed by atoms with E-state index >= 15 is 0 Å². The van der Waals surface area contributed by atoms with Crippen LogP contribution in [0.2, 0.25) is 0 Å². The number of hydrogen-bond donors (Lipinski definition) is 1. The summed E-state index contributed by atoms with van der Waals surface area (Å²) in [5.41, 5.74) is 1.45. The van der Waals surface area contributed by atoms with Gasteiger partial charge in [-0.25, -0.2) is 0 Å². The zero-order valence-corrected chi connectivity index (χ0v) is 35.2. The van der Waals surface area contributed by atoms with E-state index in [0.29, 0.717) is 36.5 Å². The Morgan fingerprint density at radius 2 is 1.57 bits per heavy atom. The Kier molecular flexibility index (Phi) is 14.8. The molecule has 10 unspecified atom stereocenters. The van der Waals surface area contributed by atoms with E-state index < -0.39 is 11.4 Å². The van der Waals surface area contributed by atoms with Gasteiger partial charge in [0, 0.05) is 6.42 Å². The molecule has 1 saturated heterocycles. The van der Waals surface area contributed by atoms with Crippen LogP contribution in [0, 0.1) is 40.4 Å². The van der Waals surface area contributed by atoms with Crippen LogP contribution >= 0.6 is 0 Å².